The van der Waals surface area contributed by atoms with Crippen LogP contribution in [0.25, 0.3) is 16.7 Å². The van der Waals surface area contributed by atoms with Crippen LogP contribution in [0.4, 0.5) is 0 Å². The first-order valence-corrected chi connectivity index (χ1v) is 6.40. The molecular weight excluding hydrogens is 260 g/mol. The predicted octanol–water partition coefficient (Wildman–Crippen LogP) is 3.39. The summed E-state index contributed by atoms with van der Waals surface area (Å²) >= 11 is 6.23. The van der Waals surface area contributed by atoms with Gasteiger partial charge in [0.2, 0.25) is 0 Å². The van der Waals surface area contributed by atoms with Gasteiger partial charge in [0.25, 0.3) is 0 Å². The summed E-state index contributed by atoms with van der Waals surface area (Å²) in [5, 5.41) is 9.29. The van der Waals surface area contributed by atoms with Gasteiger partial charge in [0, 0.05) is 17.3 Å². The van der Waals surface area contributed by atoms with Crippen LogP contribution in [-0.4, -0.2) is 19.7 Å². The van der Waals surface area contributed by atoms with Crippen molar-refractivity contribution in [3.63, 3.8) is 0 Å². The van der Waals surface area contributed by atoms with Gasteiger partial charge in [0.1, 0.15) is 5.82 Å². The van der Waals surface area contributed by atoms with Gasteiger partial charge < -0.3 is 0 Å². The van der Waals surface area contributed by atoms with Crippen molar-refractivity contribution in [3.8, 4) is 5.82 Å². The van der Waals surface area contributed by atoms with Crippen molar-refractivity contribution in [3.05, 3.63) is 46.5 Å². The zero-order valence-electron chi connectivity index (χ0n) is 11.0. The van der Waals surface area contributed by atoms with Crippen LogP contribution in [0.15, 0.2) is 24.5 Å². The molecule has 3 aromatic heterocycles. The van der Waals surface area contributed by atoms with E-state index >= 15 is 0 Å². The lowest BCUT2D eigenvalue weighted by atomic mass is 10.2. The molecule has 0 unspecified atom stereocenters. The van der Waals surface area contributed by atoms with Crippen molar-refractivity contribution in [1.29, 1.82) is 0 Å². The van der Waals surface area contributed by atoms with Crippen molar-refractivity contribution in [2.75, 3.05) is 0 Å². The number of fused-ring (bicyclic) bond motifs is 1. The lowest BCUT2D eigenvalue weighted by molar-refractivity contribution is 0.958. The molecule has 3 heterocycles. The summed E-state index contributed by atoms with van der Waals surface area (Å²) in [7, 11) is 0. The van der Waals surface area contributed by atoms with E-state index in [0.717, 1.165) is 33.5 Å². The quantitative estimate of drug-likeness (QED) is 0.682. The SMILES string of the molecule is Cc1cccnc1-n1c(C)c(C)c2cnnc(Cl)c21. The Morgan fingerprint density at radius 1 is 1.21 bits per heavy atom. The molecule has 0 aliphatic heterocycles. The van der Waals surface area contributed by atoms with Gasteiger partial charge in [-0.2, -0.15) is 5.10 Å². The van der Waals surface area contributed by atoms with Crippen molar-refractivity contribution in [2.45, 2.75) is 20.8 Å². The highest BCUT2D eigenvalue weighted by Crippen LogP contribution is 2.31. The summed E-state index contributed by atoms with van der Waals surface area (Å²) in [6.07, 6.45) is 3.53. The average molecular weight is 273 g/mol. The zero-order chi connectivity index (χ0) is 13.6. The summed E-state index contributed by atoms with van der Waals surface area (Å²) in [6.45, 7) is 6.15. The summed E-state index contributed by atoms with van der Waals surface area (Å²) in [5.41, 5.74) is 4.22. The van der Waals surface area contributed by atoms with E-state index in [4.69, 9.17) is 11.6 Å². The van der Waals surface area contributed by atoms with Crippen LogP contribution < -0.4 is 0 Å². The van der Waals surface area contributed by atoms with Crippen molar-refractivity contribution >= 4 is 22.5 Å². The maximum atomic E-state index is 6.23. The van der Waals surface area contributed by atoms with Crippen LogP contribution in [0.1, 0.15) is 16.8 Å². The van der Waals surface area contributed by atoms with Crippen LogP contribution >= 0.6 is 11.6 Å². The Balaban J connectivity index is 2.48. The van der Waals surface area contributed by atoms with Gasteiger partial charge in [-0.3, -0.25) is 4.57 Å². The van der Waals surface area contributed by atoms with E-state index in [2.05, 4.69) is 33.6 Å². The molecule has 0 saturated carbocycles. The Kier molecular flexibility index (Phi) is 2.75. The molecule has 0 amide bonds. The first-order valence-electron chi connectivity index (χ1n) is 6.02. The first kappa shape index (κ1) is 12.1. The van der Waals surface area contributed by atoms with Gasteiger partial charge >= 0.3 is 0 Å². The lowest BCUT2D eigenvalue weighted by Gasteiger charge is -2.10. The molecule has 0 spiro atoms. The van der Waals surface area contributed by atoms with E-state index in [1.807, 2.05) is 19.1 Å². The van der Waals surface area contributed by atoms with Crippen LogP contribution in [-0.2, 0) is 0 Å². The molecule has 0 aliphatic carbocycles. The predicted molar refractivity (Wildman–Crippen MR) is 75.9 cm³/mol. The minimum absolute atomic E-state index is 0.402. The molecule has 3 rings (SSSR count). The summed E-state index contributed by atoms with van der Waals surface area (Å²) in [4.78, 5) is 4.47. The molecule has 19 heavy (non-hydrogen) atoms. The third kappa shape index (κ3) is 1.71. The number of hydrogen-bond acceptors (Lipinski definition) is 3. The number of nitrogens with zero attached hydrogens (tertiary/aromatic N) is 4. The fourth-order valence-electron chi connectivity index (χ4n) is 2.35. The molecule has 0 fully saturated rings. The van der Waals surface area contributed by atoms with E-state index in [-0.39, 0.29) is 0 Å². The summed E-state index contributed by atoms with van der Waals surface area (Å²) in [5.74, 6) is 0.882. The van der Waals surface area contributed by atoms with E-state index in [9.17, 15) is 0 Å². The van der Waals surface area contributed by atoms with E-state index in [0.29, 0.717) is 5.15 Å². The lowest BCUT2D eigenvalue weighted by Crippen LogP contribution is -2.02. The molecule has 0 aliphatic rings. The Labute approximate surface area is 116 Å². The number of pyridine rings is 1. The molecule has 0 bridgehead atoms. The smallest absolute Gasteiger partial charge is 0.176 e. The van der Waals surface area contributed by atoms with Gasteiger partial charge in [-0.1, -0.05) is 17.7 Å². The topological polar surface area (TPSA) is 43.6 Å². The molecule has 0 saturated heterocycles. The second-order valence-electron chi connectivity index (χ2n) is 4.59. The van der Waals surface area contributed by atoms with Gasteiger partial charge in [-0.05, 0) is 38.0 Å². The fraction of sp³-hybridized carbons (Fsp3) is 0.214. The Bertz CT molecular complexity index is 776. The first-order chi connectivity index (χ1) is 9.11. The highest BCUT2D eigenvalue weighted by atomic mass is 35.5. The second kappa shape index (κ2) is 4.31. The highest BCUT2D eigenvalue weighted by molar-refractivity contribution is 6.34. The Hall–Kier alpha value is -1.94. The molecule has 96 valence electrons. The van der Waals surface area contributed by atoms with Crippen molar-refractivity contribution in [1.82, 2.24) is 19.7 Å². The highest BCUT2D eigenvalue weighted by Gasteiger charge is 2.17. The zero-order valence-corrected chi connectivity index (χ0v) is 11.7. The fourth-order valence-corrected chi connectivity index (χ4v) is 2.58. The number of rotatable bonds is 1. The van der Waals surface area contributed by atoms with Crippen LogP contribution in [0.3, 0.4) is 0 Å². The van der Waals surface area contributed by atoms with Gasteiger partial charge in [-0.15, -0.1) is 5.10 Å². The molecule has 0 aromatic carbocycles. The number of aryl methyl sites for hydroxylation is 2. The summed E-state index contributed by atoms with van der Waals surface area (Å²) < 4.78 is 2.05. The molecule has 5 heteroatoms. The molecule has 0 atom stereocenters. The largest absolute Gasteiger partial charge is 0.295 e. The third-order valence-electron chi connectivity index (χ3n) is 3.48. The Morgan fingerprint density at radius 3 is 2.74 bits per heavy atom. The molecule has 0 N–H and O–H groups in total. The maximum absolute atomic E-state index is 6.23. The van der Waals surface area contributed by atoms with Crippen LogP contribution in [0, 0.1) is 20.8 Å². The van der Waals surface area contributed by atoms with E-state index in [1.165, 1.54) is 0 Å². The van der Waals surface area contributed by atoms with Crippen LogP contribution in [0.5, 0.6) is 0 Å². The van der Waals surface area contributed by atoms with Gasteiger partial charge in [0.15, 0.2) is 5.15 Å². The number of hydrogen-bond donors (Lipinski definition) is 0. The maximum Gasteiger partial charge on any atom is 0.176 e. The third-order valence-corrected chi connectivity index (χ3v) is 3.74. The van der Waals surface area contributed by atoms with Gasteiger partial charge in [0.05, 0.1) is 11.7 Å². The molecular formula is C14H13ClN4. The average Bonchev–Trinajstić information content (AvgIpc) is 2.65. The number of halogens is 1. The van der Waals surface area contributed by atoms with Crippen molar-refractivity contribution in [2.24, 2.45) is 0 Å². The minimum Gasteiger partial charge on any atom is -0.295 e. The van der Waals surface area contributed by atoms with Gasteiger partial charge in [-0.25, -0.2) is 4.98 Å². The molecule has 3 aromatic rings. The number of aromatic nitrogens is 4. The van der Waals surface area contributed by atoms with E-state index in [1.54, 1.807) is 12.4 Å². The Morgan fingerprint density at radius 2 is 2.00 bits per heavy atom. The molecule has 4 nitrogen and oxygen atoms in total. The molecule has 0 radical (unpaired) electrons. The minimum atomic E-state index is 0.402. The standard InChI is InChI=1S/C14H13ClN4/c1-8-5-4-6-16-14(8)19-10(3)9(2)11-7-17-18-13(15)12(11)19/h4-7H,1-3H3. The van der Waals surface area contributed by atoms with E-state index < -0.39 is 0 Å². The monoisotopic (exact) mass is 272 g/mol. The second-order valence-corrected chi connectivity index (χ2v) is 4.95. The van der Waals surface area contributed by atoms with Crippen LogP contribution in [0.2, 0.25) is 5.15 Å². The normalized spacial score (nSPS) is 11.2. The van der Waals surface area contributed by atoms with Crippen molar-refractivity contribution < 1.29 is 0 Å². The summed E-state index contributed by atoms with van der Waals surface area (Å²) in [6, 6.07) is 3.96.